The van der Waals surface area contributed by atoms with Gasteiger partial charge in [-0.2, -0.15) is 0 Å². The van der Waals surface area contributed by atoms with Crippen LogP contribution in [0.1, 0.15) is 21.8 Å². The van der Waals surface area contributed by atoms with Crippen LogP contribution in [-0.4, -0.2) is 51.1 Å². The number of aliphatic carboxylic acids is 1. The normalized spacial score (nSPS) is 23.3. The molecule has 2 aliphatic rings. The van der Waals surface area contributed by atoms with Gasteiger partial charge in [-0.05, 0) is 6.07 Å². The number of benzene rings is 1. The average molecular weight is 371 g/mol. The molecule has 2 atom stereocenters. The van der Waals surface area contributed by atoms with E-state index in [2.05, 4.69) is 4.98 Å². The van der Waals surface area contributed by atoms with E-state index in [-0.39, 0.29) is 25.3 Å². The monoisotopic (exact) mass is 371 g/mol. The molecule has 0 bridgehead atoms. The number of aryl methyl sites for hydroxylation is 1. The zero-order valence-corrected chi connectivity index (χ0v) is 14.5. The number of carbonyl (C=O) groups excluding carboxylic acids is 1. The molecule has 2 aliphatic heterocycles. The average Bonchev–Trinajstić information content (AvgIpc) is 3.06. The fourth-order valence-corrected chi connectivity index (χ4v) is 3.88. The van der Waals surface area contributed by atoms with Gasteiger partial charge in [0.2, 0.25) is 0 Å². The van der Waals surface area contributed by atoms with Gasteiger partial charge in [-0.1, -0.05) is 18.2 Å². The second kappa shape index (κ2) is 5.83. The van der Waals surface area contributed by atoms with Crippen molar-refractivity contribution in [2.45, 2.75) is 5.92 Å². The van der Waals surface area contributed by atoms with Gasteiger partial charge in [0.25, 0.3) is 11.5 Å². The van der Waals surface area contributed by atoms with Crippen LogP contribution in [0.5, 0.6) is 5.75 Å². The van der Waals surface area contributed by atoms with Crippen molar-refractivity contribution in [1.82, 2.24) is 14.5 Å². The smallest absolute Gasteiger partial charge is 0.328 e. The first-order valence-electron chi connectivity index (χ1n) is 8.38. The summed E-state index contributed by atoms with van der Waals surface area (Å²) in [6.45, 7) is 0.00760. The van der Waals surface area contributed by atoms with Crippen molar-refractivity contribution in [2.24, 2.45) is 12.5 Å². The number of carboxylic acid groups (broad SMARTS) is 1. The molecule has 0 unspecified atom stereocenters. The molecule has 0 spiro atoms. The molecule has 27 heavy (non-hydrogen) atoms. The molecule has 4 rings (SSSR count). The van der Waals surface area contributed by atoms with Crippen LogP contribution >= 0.6 is 0 Å². The zero-order chi connectivity index (χ0) is 19.3. The molecule has 140 valence electrons. The maximum absolute atomic E-state index is 12.9. The summed E-state index contributed by atoms with van der Waals surface area (Å²) < 4.78 is 6.76. The molecule has 1 fully saturated rings. The number of ether oxygens (including phenoxy) is 1. The predicted molar refractivity (Wildman–Crippen MR) is 93.0 cm³/mol. The van der Waals surface area contributed by atoms with E-state index in [1.807, 2.05) is 0 Å². The van der Waals surface area contributed by atoms with Crippen molar-refractivity contribution in [2.75, 3.05) is 19.7 Å². The highest BCUT2D eigenvalue weighted by Crippen LogP contribution is 2.49. The summed E-state index contributed by atoms with van der Waals surface area (Å²) in [4.78, 5) is 52.0. The third-order valence-electron chi connectivity index (χ3n) is 5.37. The first kappa shape index (κ1) is 17.1. The molecule has 9 heteroatoms. The van der Waals surface area contributed by atoms with Crippen LogP contribution < -0.4 is 16.0 Å². The van der Waals surface area contributed by atoms with Crippen LogP contribution in [0.2, 0.25) is 0 Å². The van der Waals surface area contributed by atoms with Crippen LogP contribution in [0.4, 0.5) is 0 Å². The van der Waals surface area contributed by atoms with E-state index < -0.39 is 34.5 Å². The van der Waals surface area contributed by atoms with Crippen molar-refractivity contribution >= 4 is 11.9 Å². The number of aromatic amines is 1. The summed E-state index contributed by atoms with van der Waals surface area (Å²) in [6, 6.07) is 7.16. The van der Waals surface area contributed by atoms with Gasteiger partial charge in [0.15, 0.2) is 0 Å². The molecule has 3 heterocycles. The number of rotatable bonds is 2. The summed E-state index contributed by atoms with van der Waals surface area (Å²) in [5.74, 6) is -1.50. The minimum Gasteiger partial charge on any atom is -0.492 e. The van der Waals surface area contributed by atoms with Gasteiger partial charge in [-0.3, -0.25) is 19.4 Å². The Bertz CT molecular complexity index is 1070. The highest BCUT2D eigenvalue weighted by Gasteiger charge is 2.57. The Morgan fingerprint density at radius 2 is 2.04 bits per heavy atom. The lowest BCUT2D eigenvalue weighted by Gasteiger charge is -2.35. The zero-order valence-electron chi connectivity index (χ0n) is 14.5. The highest BCUT2D eigenvalue weighted by molar-refractivity contribution is 5.95. The second-order valence-corrected chi connectivity index (χ2v) is 6.94. The van der Waals surface area contributed by atoms with Crippen LogP contribution in [0.25, 0.3) is 0 Å². The molecule has 1 aromatic carbocycles. The fraction of sp³-hybridized carbons (Fsp3) is 0.333. The summed E-state index contributed by atoms with van der Waals surface area (Å²) in [6.07, 6.45) is 1.17. The first-order chi connectivity index (χ1) is 12.8. The van der Waals surface area contributed by atoms with E-state index in [0.717, 1.165) is 10.1 Å². The molecule has 0 saturated carbocycles. The number of nitrogens with zero attached hydrogens (tertiary/aromatic N) is 2. The lowest BCUT2D eigenvalue weighted by atomic mass is 9.73. The van der Waals surface area contributed by atoms with Gasteiger partial charge in [0.05, 0.1) is 0 Å². The maximum Gasteiger partial charge on any atom is 0.328 e. The summed E-state index contributed by atoms with van der Waals surface area (Å²) >= 11 is 0. The molecule has 1 aromatic heterocycles. The Morgan fingerprint density at radius 3 is 2.78 bits per heavy atom. The lowest BCUT2D eigenvalue weighted by Crippen LogP contribution is -2.46. The van der Waals surface area contributed by atoms with E-state index in [4.69, 9.17) is 4.74 Å². The Labute approximate surface area is 152 Å². The number of nitrogens with one attached hydrogen (secondary N) is 1. The minimum absolute atomic E-state index is 0.0581. The Kier molecular flexibility index (Phi) is 3.69. The second-order valence-electron chi connectivity index (χ2n) is 6.94. The van der Waals surface area contributed by atoms with Gasteiger partial charge < -0.3 is 19.3 Å². The number of hydrogen-bond acceptors (Lipinski definition) is 5. The van der Waals surface area contributed by atoms with Gasteiger partial charge in [-0.15, -0.1) is 0 Å². The van der Waals surface area contributed by atoms with Crippen molar-refractivity contribution < 1.29 is 19.4 Å². The third-order valence-corrected chi connectivity index (χ3v) is 5.37. The van der Waals surface area contributed by atoms with Crippen LogP contribution in [0.15, 0.2) is 40.1 Å². The number of H-pyrrole nitrogens is 1. The van der Waals surface area contributed by atoms with Gasteiger partial charge >= 0.3 is 11.7 Å². The Hall–Kier alpha value is -3.36. The molecule has 1 amide bonds. The van der Waals surface area contributed by atoms with Crippen LogP contribution in [0, 0.1) is 5.41 Å². The Balaban J connectivity index is 1.75. The number of fused-ring (bicyclic) bond motifs is 3. The molecular weight excluding hydrogens is 354 g/mol. The topological polar surface area (TPSA) is 122 Å². The molecule has 1 saturated heterocycles. The quantitative estimate of drug-likeness (QED) is 0.752. The van der Waals surface area contributed by atoms with Crippen molar-refractivity contribution in [3.63, 3.8) is 0 Å². The Morgan fingerprint density at radius 1 is 1.30 bits per heavy atom. The number of likely N-dealkylation sites (tertiary alicyclic amines) is 1. The number of hydrogen-bond donors (Lipinski definition) is 2. The summed E-state index contributed by atoms with van der Waals surface area (Å²) in [5.41, 5.74) is -2.17. The number of carboxylic acids is 1. The fourth-order valence-electron chi connectivity index (χ4n) is 3.88. The van der Waals surface area contributed by atoms with E-state index in [1.165, 1.54) is 18.1 Å². The van der Waals surface area contributed by atoms with Gasteiger partial charge in [-0.25, -0.2) is 4.79 Å². The number of carbonyl (C=O) groups is 2. The first-order valence-corrected chi connectivity index (χ1v) is 8.38. The highest BCUT2D eigenvalue weighted by atomic mass is 16.5. The largest absolute Gasteiger partial charge is 0.492 e. The molecule has 0 radical (unpaired) electrons. The van der Waals surface area contributed by atoms with E-state index in [1.54, 1.807) is 24.3 Å². The van der Waals surface area contributed by atoms with Crippen molar-refractivity contribution in [1.29, 1.82) is 0 Å². The molecule has 2 N–H and O–H groups in total. The van der Waals surface area contributed by atoms with Crippen LogP contribution in [0.3, 0.4) is 0 Å². The van der Waals surface area contributed by atoms with E-state index in [0.29, 0.717) is 5.75 Å². The number of amides is 1. The number of aromatic nitrogens is 2. The van der Waals surface area contributed by atoms with Gasteiger partial charge in [0, 0.05) is 37.8 Å². The molecule has 2 aromatic rings. The van der Waals surface area contributed by atoms with E-state index in [9.17, 15) is 24.3 Å². The molecular formula is C18H17N3O6. The summed E-state index contributed by atoms with van der Waals surface area (Å²) in [7, 11) is 1.42. The molecule has 0 aliphatic carbocycles. The maximum atomic E-state index is 12.9. The standard InChI is InChI=1S/C18H17N3O6/c1-20-6-11(14(22)19-17(20)26)15(23)21-7-12-10-4-2-3-5-13(10)27-9-18(12,8-21)16(24)25/h2-6,12H,7-9H2,1H3,(H,24,25)(H,19,22,26)/t12-,18-/m1/s1. The van der Waals surface area contributed by atoms with Gasteiger partial charge in [0.1, 0.15) is 23.3 Å². The lowest BCUT2D eigenvalue weighted by molar-refractivity contribution is -0.151. The SMILES string of the molecule is Cn1cc(C(=O)N2C[C@@H]3c4ccccc4OC[C@]3(C(=O)O)C2)c(=O)[nH]c1=O. The van der Waals surface area contributed by atoms with Crippen molar-refractivity contribution in [3.05, 3.63) is 62.4 Å². The summed E-state index contributed by atoms with van der Waals surface area (Å²) in [5, 5.41) is 9.90. The van der Waals surface area contributed by atoms with Crippen LogP contribution in [-0.2, 0) is 11.8 Å². The molecule has 9 nitrogen and oxygen atoms in total. The third kappa shape index (κ3) is 2.46. The van der Waals surface area contributed by atoms with E-state index >= 15 is 0 Å². The number of para-hydroxylation sites is 1. The minimum atomic E-state index is -1.28. The predicted octanol–water partition coefficient (Wildman–Crippen LogP) is -0.223. The van der Waals surface area contributed by atoms with Crippen molar-refractivity contribution in [3.8, 4) is 5.75 Å².